The molecule has 0 saturated carbocycles. The van der Waals surface area contributed by atoms with Crippen LogP contribution >= 0.6 is 0 Å². The zero-order chi connectivity index (χ0) is 17.2. The van der Waals surface area contributed by atoms with Crippen LogP contribution in [0, 0.1) is 12.8 Å². The summed E-state index contributed by atoms with van der Waals surface area (Å²) in [7, 11) is 0. The van der Waals surface area contributed by atoms with Crippen LogP contribution in [0.2, 0.25) is 0 Å². The lowest BCUT2D eigenvalue weighted by Gasteiger charge is -2.32. The second kappa shape index (κ2) is 6.71. The molecular formula is C21H23N3O. The zero-order valence-corrected chi connectivity index (χ0v) is 14.6. The van der Waals surface area contributed by atoms with Crippen molar-refractivity contribution in [2.45, 2.75) is 26.2 Å². The highest BCUT2D eigenvalue weighted by atomic mass is 16.2. The van der Waals surface area contributed by atoms with Gasteiger partial charge in [-0.05, 0) is 49.8 Å². The lowest BCUT2D eigenvalue weighted by molar-refractivity contribution is 0.0692. The van der Waals surface area contributed by atoms with E-state index in [2.05, 4.69) is 35.3 Å². The molecule has 1 fully saturated rings. The van der Waals surface area contributed by atoms with Crippen LogP contribution in [0.1, 0.15) is 34.5 Å². The monoisotopic (exact) mass is 333 g/mol. The molecule has 0 bridgehead atoms. The van der Waals surface area contributed by atoms with Crippen LogP contribution in [-0.4, -0.2) is 33.3 Å². The van der Waals surface area contributed by atoms with Gasteiger partial charge >= 0.3 is 0 Å². The fraction of sp³-hybridized carbons (Fsp3) is 0.333. The zero-order valence-electron chi connectivity index (χ0n) is 14.6. The molecule has 3 aromatic rings. The molecule has 0 aliphatic carbocycles. The number of aryl methyl sites for hydroxylation is 1. The molecule has 4 nitrogen and oxygen atoms in total. The van der Waals surface area contributed by atoms with Gasteiger partial charge in [-0.25, -0.2) is 4.98 Å². The van der Waals surface area contributed by atoms with E-state index in [1.807, 2.05) is 40.8 Å². The molecule has 1 saturated heterocycles. The lowest BCUT2D eigenvalue weighted by atomic mass is 9.90. The lowest BCUT2D eigenvalue weighted by Crippen LogP contribution is -2.39. The van der Waals surface area contributed by atoms with E-state index >= 15 is 0 Å². The molecule has 1 aromatic carbocycles. The van der Waals surface area contributed by atoms with Gasteiger partial charge in [-0.15, -0.1) is 0 Å². The molecule has 25 heavy (non-hydrogen) atoms. The van der Waals surface area contributed by atoms with Gasteiger partial charge in [-0.2, -0.15) is 0 Å². The molecular weight excluding hydrogens is 310 g/mol. The number of likely N-dealkylation sites (tertiary alicyclic amines) is 1. The summed E-state index contributed by atoms with van der Waals surface area (Å²) in [5, 5.41) is 0. The van der Waals surface area contributed by atoms with Crippen molar-refractivity contribution in [3.8, 4) is 0 Å². The molecule has 0 N–H and O–H groups in total. The van der Waals surface area contributed by atoms with Crippen molar-refractivity contribution in [1.82, 2.24) is 14.3 Å². The summed E-state index contributed by atoms with van der Waals surface area (Å²) in [6.45, 7) is 3.62. The largest absolute Gasteiger partial charge is 0.339 e. The fourth-order valence-corrected chi connectivity index (χ4v) is 3.76. The third-order valence-corrected chi connectivity index (χ3v) is 5.10. The first-order chi connectivity index (χ1) is 12.2. The van der Waals surface area contributed by atoms with Crippen molar-refractivity contribution in [1.29, 1.82) is 0 Å². The third-order valence-electron chi connectivity index (χ3n) is 5.10. The number of amides is 1. The highest BCUT2D eigenvalue weighted by Crippen LogP contribution is 2.23. The molecule has 4 heteroatoms. The Morgan fingerprint density at radius 1 is 1.12 bits per heavy atom. The number of piperidine rings is 1. The first-order valence-corrected chi connectivity index (χ1v) is 8.98. The van der Waals surface area contributed by atoms with Crippen LogP contribution in [-0.2, 0) is 6.42 Å². The second-order valence-electron chi connectivity index (χ2n) is 6.96. The van der Waals surface area contributed by atoms with E-state index in [0.29, 0.717) is 11.5 Å². The van der Waals surface area contributed by atoms with E-state index in [4.69, 9.17) is 0 Å². The van der Waals surface area contributed by atoms with Crippen LogP contribution in [0.3, 0.4) is 0 Å². The van der Waals surface area contributed by atoms with Crippen molar-refractivity contribution in [2.75, 3.05) is 13.1 Å². The van der Waals surface area contributed by atoms with Crippen LogP contribution in [0.4, 0.5) is 0 Å². The number of carbonyl (C=O) groups excluding carboxylic acids is 1. The van der Waals surface area contributed by atoms with Gasteiger partial charge in [-0.1, -0.05) is 30.3 Å². The maximum Gasteiger partial charge on any atom is 0.257 e. The first kappa shape index (κ1) is 15.9. The van der Waals surface area contributed by atoms with E-state index in [9.17, 15) is 4.79 Å². The summed E-state index contributed by atoms with van der Waals surface area (Å²) >= 11 is 0. The Bertz CT molecular complexity index is 877. The highest BCUT2D eigenvalue weighted by molar-refractivity contribution is 5.99. The van der Waals surface area contributed by atoms with Gasteiger partial charge in [0.05, 0.1) is 11.3 Å². The van der Waals surface area contributed by atoms with Gasteiger partial charge < -0.3 is 9.30 Å². The Morgan fingerprint density at radius 2 is 1.88 bits per heavy atom. The number of aromatic nitrogens is 2. The number of imidazole rings is 1. The summed E-state index contributed by atoms with van der Waals surface area (Å²) in [5.74, 6) is 0.769. The summed E-state index contributed by atoms with van der Waals surface area (Å²) in [4.78, 5) is 19.5. The van der Waals surface area contributed by atoms with Gasteiger partial charge in [0.15, 0.2) is 0 Å². The summed E-state index contributed by atoms with van der Waals surface area (Å²) < 4.78 is 1.94. The topological polar surface area (TPSA) is 37.6 Å². The fourth-order valence-electron chi connectivity index (χ4n) is 3.76. The Kier molecular flexibility index (Phi) is 4.26. The number of benzene rings is 1. The van der Waals surface area contributed by atoms with Crippen molar-refractivity contribution >= 4 is 11.6 Å². The Balaban J connectivity index is 1.44. The Morgan fingerprint density at radius 3 is 2.64 bits per heavy atom. The number of fused-ring (bicyclic) bond motifs is 1. The standard InChI is InChI=1S/C21H23N3O/c1-16-15-24-11-5-8-19(20(24)22-16)21(25)23-12-9-18(10-13-23)14-17-6-3-2-4-7-17/h2-8,11,15,18H,9-10,12-14H2,1H3. The van der Waals surface area contributed by atoms with Crippen LogP contribution in [0.5, 0.6) is 0 Å². The third kappa shape index (κ3) is 3.29. The average molecular weight is 333 g/mol. The van der Waals surface area contributed by atoms with Crippen molar-refractivity contribution in [2.24, 2.45) is 5.92 Å². The van der Waals surface area contributed by atoms with Crippen molar-refractivity contribution in [3.05, 3.63) is 71.7 Å². The van der Waals surface area contributed by atoms with Gasteiger partial charge in [0, 0.05) is 25.5 Å². The molecule has 0 spiro atoms. The van der Waals surface area contributed by atoms with Gasteiger partial charge in [0.2, 0.25) is 0 Å². The Labute approximate surface area is 148 Å². The normalized spacial score (nSPS) is 15.6. The predicted molar refractivity (Wildman–Crippen MR) is 98.7 cm³/mol. The molecule has 0 atom stereocenters. The van der Waals surface area contributed by atoms with Crippen LogP contribution in [0.15, 0.2) is 54.9 Å². The number of pyridine rings is 1. The summed E-state index contributed by atoms with van der Waals surface area (Å²) in [6.07, 6.45) is 7.14. The first-order valence-electron chi connectivity index (χ1n) is 8.98. The van der Waals surface area contributed by atoms with E-state index < -0.39 is 0 Å². The smallest absolute Gasteiger partial charge is 0.257 e. The minimum absolute atomic E-state index is 0.106. The van der Waals surface area contributed by atoms with Crippen LogP contribution < -0.4 is 0 Å². The quantitative estimate of drug-likeness (QED) is 0.732. The minimum atomic E-state index is 0.106. The van der Waals surface area contributed by atoms with Gasteiger partial charge in [0.25, 0.3) is 5.91 Å². The molecule has 1 amide bonds. The number of hydrogen-bond acceptors (Lipinski definition) is 2. The molecule has 0 radical (unpaired) electrons. The molecule has 4 rings (SSSR count). The van der Waals surface area contributed by atoms with Crippen molar-refractivity contribution in [3.63, 3.8) is 0 Å². The molecule has 0 unspecified atom stereocenters. The highest BCUT2D eigenvalue weighted by Gasteiger charge is 2.25. The molecule has 3 heterocycles. The predicted octanol–water partition coefficient (Wildman–Crippen LogP) is 3.74. The van der Waals surface area contributed by atoms with E-state index in [0.717, 1.165) is 43.7 Å². The van der Waals surface area contributed by atoms with E-state index in [-0.39, 0.29) is 5.91 Å². The number of hydrogen-bond donors (Lipinski definition) is 0. The van der Waals surface area contributed by atoms with Gasteiger partial charge in [-0.3, -0.25) is 4.79 Å². The summed E-state index contributed by atoms with van der Waals surface area (Å²) in [6, 6.07) is 14.5. The molecule has 1 aliphatic heterocycles. The Hall–Kier alpha value is -2.62. The second-order valence-corrected chi connectivity index (χ2v) is 6.96. The van der Waals surface area contributed by atoms with E-state index in [1.54, 1.807) is 0 Å². The molecule has 128 valence electrons. The summed E-state index contributed by atoms with van der Waals surface area (Å²) in [5.41, 5.74) is 3.79. The maximum atomic E-state index is 13.0. The minimum Gasteiger partial charge on any atom is -0.339 e. The molecule has 2 aromatic heterocycles. The average Bonchev–Trinajstić information content (AvgIpc) is 3.03. The van der Waals surface area contributed by atoms with Crippen LogP contribution in [0.25, 0.3) is 5.65 Å². The van der Waals surface area contributed by atoms with Gasteiger partial charge in [0.1, 0.15) is 5.65 Å². The maximum absolute atomic E-state index is 13.0. The van der Waals surface area contributed by atoms with E-state index in [1.165, 1.54) is 5.56 Å². The number of nitrogens with zero attached hydrogens (tertiary/aromatic N) is 3. The SMILES string of the molecule is Cc1cn2cccc(C(=O)N3CCC(Cc4ccccc4)CC3)c2n1. The number of carbonyl (C=O) groups is 1. The molecule has 1 aliphatic rings. The van der Waals surface area contributed by atoms with Crippen molar-refractivity contribution < 1.29 is 4.79 Å². The number of rotatable bonds is 3.